The molecule has 2 heterocycles. The fourth-order valence-corrected chi connectivity index (χ4v) is 4.57. The zero-order chi connectivity index (χ0) is 22.4. The lowest BCUT2D eigenvalue weighted by molar-refractivity contribution is -0.116. The summed E-state index contributed by atoms with van der Waals surface area (Å²) in [5.41, 5.74) is 9.00. The maximum atomic E-state index is 13.5. The summed E-state index contributed by atoms with van der Waals surface area (Å²) in [6, 6.07) is 12.0. The van der Waals surface area contributed by atoms with Crippen molar-refractivity contribution in [3.63, 3.8) is 0 Å². The van der Waals surface area contributed by atoms with Gasteiger partial charge in [-0.25, -0.2) is 4.68 Å². The minimum absolute atomic E-state index is 0.00611. The van der Waals surface area contributed by atoms with E-state index in [0.29, 0.717) is 35.9 Å². The third kappa shape index (κ3) is 3.22. The number of phenols is 1. The van der Waals surface area contributed by atoms with Gasteiger partial charge < -0.3 is 25.6 Å². The average Bonchev–Trinajstić information content (AvgIpc) is 3.16. The van der Waals surface area contributed by atoms with Crippen LogP contribution in [0.4, 0.5) is 11.9 Å². The number of ether oxygens (including phenoxy) is 2. The number of carbonyl (C=O) groups is 1. The molecule has 5 rings (SSSR count). The van der Waals surface area contributed by atoms with E-state index in [-0.39, 0.29) is 23.4 Å². The molecule has 0 saturated carbocycles. The van der Waals surface area contributed by atoms with Crippen LogP contribution in [-0.4, -0.2) is 39.9 Å². The third-order valence-corrected chi connectivity index (χ3v) is 6.00. The van der Waals surface area contributed by atoms with Gasteiger partial charge in [0.2, 0.25) is 11.9 Å². The van der Waals surface area contributed by atoms with Crippen molar-refractivity contribution in [2.45, 2.75) is 24.8 Å². The summed E-state index contributed by atoms with van der Waals surface area (Å²) in [5.74, 6) is 1.93. The summed E-state index contributed by atoms with van der Waals surface area (Å²) in [6.07, 6.45) is 0.948. The highest BCUT2D eigenvalue weighted by Crippen LogP contribution is 2.45. The fraction of sp³-hybridized carbons (Fsp3) is 0.261. The lowest BCUT2D eigenvalue weighted by atomic mass is 9.78. The van der Waals surface area contributed by atoms with Gasteiger partial charge in [0, 0.05) is 17.7 Å². The number of carbonyl (C=O) groups excluding carboxylic acids is 1. The molecule has 0 saturated heterocycles. The number of ketones is 1. The van der Waals surface area contributed by atoms with Gasteiger partial charge in [-0.3, -0.25) is 4.79 Å². The molecule has 3 aromatic rings. The minimum atomic E-state index is -0.517. The molecule has 0 radical (unpaired) electrons. The molecule has 0 amide bonds. The molecule has 9 heteroatoms. The van der Waals surface area contributed by atoms with E-state index < -0.39 is 6.04 Å². The second-order valence-electron chi connectivity index (χ2n) is 7.90. The van der Waals surface area contributed by atoms with Crippen molar-refractivity contribution >= 4 is 17.7 Å². The Balaban J connectivity index is 1.58. The number of hydrogen-bond donors (Lipinski definition) is 3. The van der Waals surface area contributed by atoms with Crippen LogP contribution >= 0.6 is 0 Å². The van der Waals surface area contributed by atoms with Gasteiger partial charge in [0.1, 0.15) is 11.8 Å². The van der Waals surface area contributed by atoms with E-state index in [9.17, 15) is 9.90 Å². The molecule has 32 heavy (non-hydrogen) atoms. The van der Waals surface area contributed by atoms with Gasteiger partial charge in [-0.15, -0.1) is 5.10 Å². The molecule has 0 spiro atoms. The predicted octanol–water partition coefficient (Wildman–Crippen LogP) is 3.00. The third-order valence-electron chi connectivity index (χ3n) is 6.00. The van der Waals surface area contributed by atoms with E-state index in [0.717, 1.165) is 16.8 Å². The highest BCUT2D eigenvalue weighted by molar-refractivity contribution is 6.00. The molecule has 1 aliphatic carbocycles. The lowest BCUT2D eigenvalue weighted by Crippen LogP contribution is -2.33. The van der Waals surface area contributed by atoms with Crippen molar-refractivity contribution in [2.24, 2.45) is 0 Å². The van der Waals surface area contributed by atoms with Crippen LogP contribution in [0.15, 0.2) is 53.7 Å². The molecular formula is C23H23N5O4. The second kappa shape index (κ2) is 7.60. The van der Waals surface area contributed by atoms with Gasteiger partial charge in [0.15, 0.2) is 17.3 Å². The fourth-order valence-electron chi connectivity index (χ4n) is 4.57. The number of allylic oxidation sites excluding steroid dienone is 2. The lowest BCUT2D eigenvalue weighted by Gasteiger charge is -2.35. The van der Waals surface area contributed by atoms with Gasteiger partial charge in [-0.1, -0.05) is 18.2 Å². The van der Waals surface area contributed by atoms with Crippen LogP contribution in [-0.2, 0) is 4.79 Å². The minimum Gasteiger partial charge on any atom is -0.508 e. The van der Waals surface area contributed by atoms with Gasteiger partial charge in [-0.05, 0) is 47.7 Å². The second-order valence-corrected chi connectivity index (χ2v) is 7.90. The van der Waals surface area contributed by atoms with Crippen molar-refractivity contribution in [2.75, 3.05) is 25.3 Å². The van der Waals surface area contributed by atoms with E-state index >= 15 is 0 Å². The summed E-state index contributed by atoms with van der Waals surface area (Å²) < 4.78 is 12.4. The van der Waals surface area contributed by atoms with Crippen LogP contribution < -0.4 is 20.5 Å². The number of nitrogens with two attached hydrogens (primary N) is 1. The van der Waals surface area contributed by atoms with E-state index in [2.05, 4.69) is 15.4 Å². The molecule has 2 aliphatic rings. The number of fused-ring (bicyclic) bond motifs is 1. The first-order chi connectivity index (χ1) is 15.5. The molecule has 1 aromatic heterocycles. The first-order valence-electron chi connectivity index (χ1n) is 10.2. The van der Waals surface area contributed by atoms with E-state index in [1.807, 2.05) is 24.3 Å². The maximum Gasteiger partial charge on any atom is 0.241 e. The zero-order valence-electron chi connectivity index (χ0n) is 17.7. The Labute approximate surface area is 184 Å². The Morgan fingerprint density at radius 1 is 1.09 bits per heavy atom. The van der Waals surface area contributed by atoms with Crippen LogP contribution in [0.3, 0.4) is 0 Å². The molecule has 0 fully saturated rings. The van der Waals surface area contributed by atoms with Gasteiger partial charge >= 0.3 is 0 Å². The van der Waals surface area contributed by atoms with E-state index in [1.165, 1.54) is 0 Å². The normalized spacial score (nSPS) is 19.8. The summed E-state index contributed by atoms with van der Waals surface area (Å²) in [4.78, 5) is 17.8. The largest absolute Gasteiger partial charge is 0.508 e. The number of aromatic hydroxyl groups is 1. The Kier molecular flexibility index (Phi) is 4.73. The monoisotopic (exact) mass is 433 g/mol. The van der Waals surface area contributed by atoms with Crippen LogP contribution in [0.25, 0.3) is 0 Å². The standard InChI is InChI=1S/C23H23N5O4/c1-31-18-7-6-12(11-19(18)32-2)14-9-16-20(17(30)10-14)21(13-4-3-5-15(29)8-13)28-23(25-16)26-22(24)27-28/h3-8,11,14,21,29H,9-10H2,1-2H3,(H3,24,25,26,27)/t14-,21+/m1/s1. The molecular weight excluding hydrogens is 410 g/mol. The number of hydrogen-bond acceptors (Lipinski definition) is 8. The number of phenolic OH excluding ortho intramolecular Hbond substituents is 1. The first-order valence-corrected chi connectivity index (χ1v) is 10.2. The van der Waals surface area contributed by atoms with Gasteiger partial charge in [-0.2, -0.15) is 4.98 Å². The summed E-state index contributed by atoms with van der Waals surface area (Å²) >= 11 is 0. The number of benzene rings is 2. The number of aromatic nitrogens is 3. The molecule has 0 unspecified atom stereocenters. The Bertz CT molecular complexity index is 1250. The molecule has 0 bridgehead atoms. The highest BCUT2D eigenvalue weighted by Gasteiger charge is 2.39. The van der Waals surface area contributed by atoms with Crippen molar-refractivity contribution < 1.29 is 19.4 Å². The number of rotatable bonds is 4. The molecule has 164 valence electrons. The smallest absolute Gasteiger partial charge is 0.241 e. The zero-order valence-corrected chi connectivity index (χ0v) is 17.7. The topological polar surface area (TPSA) is 125 Å². The molecule has 2 aromatic carbocycles. The Hall–Kier alpha value is -4.01. The number of Topliss-reactive ketones (excluding diaryl/α,β-unsaturated/α-hetero) is 1. The number of methoxy groups -OCH3 is 2. The molecule has 4 N–H and O–H groups in total. The van der Waals surface area contributed by atoms with E-state index in [4.69, 9.17) is 15.2 Å². The molecule has 9 nitrogen and oxygen atoms in total. The Morgan fingerprint density at radius 2 is 1.91 bits per heavy atom. The average molecular weight is 433 g/mol. The van der Waals surface area contributed by atoms with Crippen LogP contribution in [0, 0.1) is 0 Å². The quantitative estimate of drug-likeness (QED) is 0.574. The van der Waals surface area contributed by atoms with Crippen molar-refractivity contribution in [3.8, 4) is 17.2 Å². The van der Waals surface area contributed by atoms with Gasteiger partial charge in [0.05, 0.1) is 14.2 Å². The van der Waals surface area contributed by atoms with Crippen LogP contribution in [0.2, 0.25) is 0 Å². The maximum absolute atomic E-state index is 13.5. The molecule has 1 aliphatic heterocycles. The SMILES string of the molecule is COc1ccc([C@H]2CC(=O)C3=C(C2)Nc2nc(N)nn2[C@H]3c2cccc(O)c2)cc1OC. The van der Waals surface area contributed by atoms with Crippen molar-refractivity contribution in [3.05, 3.63) is 64.9 Å². The summed E-state index contributed by atoms with van der Waals surface area (Å²) in [7, 11) is 3.18. The summed E-state index contributed by atoms with van der Waals surface area (Å²) in [6.45, 7) is 0. The van der Waals surface area contributed by atoms with Gasteiger partial charge in [0.25, 0.3) is 0 Å². The highest BCUT2D eigenvalue weighted by atomic mass is 16.5. The van der Waals surface area contributed by atoms with Crippen LogP contribution in [0.1, 0.15) is 35.9 Å². The van der Waals surface area contributed by atoms with Crippen molar-refractivity contribution in [1.82, 2.24) is 14.8 Å². The van der Waals surface area contributed by atoms with Crippen LogP contribution in [0.5, 0.6) is 17.2 Å². The first kappa shape index (κ1) is 19.9. The van der Waals surface area contributed by atoms with Crippen molar-refractivity contribution in [1.29, 1.82) is 0 Å². The number of nitrogens with one attached hydrogen (secondary N) is 1. The number of nitrogen functional groups attached to an aromatic ring is 1. The summed E-state index contributed by atoms with van der Waals surface area (Å²) in [5, 5.41) is 17.6. The molecule has 2 atom stereocenters. The predicted molar refractivity (Wildman–Crippen MR) is 118 cm³/mol. The Morgan fingerprint density at radius 3 is 2.66 bits per heavy atom. The van der Waals surface area contributed by atoms with E-state index in [1.54, 1.807) is 37.1 Å². The number of anilines is 2. The number of nitrogens with zero attached hydrogens (tertiary/aromatic N) is 3.